The van der Waals surface area contributed by atoms with Crippen LogP contribution in [-0.4, -0.2) is 52.2 Å². The van der Waals surface area contributed by atoms with Crippen molar-refractivity contribution in [3.63, 3.8) is 0 Å². The third-order valence-corrected chi connectivity index (χ3v) is 5.52. The average Bonchev–Trinajstić information content (AvgIpc) is 3.35. The van der Waals surface area contributed by atoms with Gasteiger partial charge >= 0.3 is 12.2 Å². The van der Waals surface area contributed by atoms with Crippen LogP contribution in [0.2, 0.25) is 0 Å². The quantitative estimate of drug-likeness (QED) is 0.363. The van der Waals surface area contributed by atoms with Gasteiger partial charge in [-0.15, -0.1) is 0 Å². The van der Waals surface area contributed by atoms with E-state index >= 15 is 0 Å². The topological polar surface area (TPSA) is 121 Å². The number of aryl methyl sites for hydroxylation is 1. The molecule has 0 spiro atoms. The van der Waals surface area contributed by atoms with Gasteiger partial charge < -0.3 is 24.8 Å². The number of hydrogen-bond acceptors (Lipinski definition) is 7. The Kier molecular flexibility index (Phi) is 9.57. The number of rotatable bonds is 8. The van der Waals surface area contributed by atoms with Crippen LogP contribution in [0.15, 0.2) is 60.9 Å². The van der Waals surface area contributed by atoms with Crippen molar-refractivity contribution < 1.29 is 28.6 Å². The van der Waals surface area contributed by atoms with E-state index in [9.17, 15) is 14.4 Å². The molecule has 0 bridgehead atoms. The molecular formula is C30H38N4O6. The summed E-state index contributed by atoms with van der Waals surface area (Å²) in [5.41, 5.74) is 1.46. The summed E-state index contributed by atoms with van der Waals surface area (Å²) < 4.78 is 17.4. The van der Waals surface area contributed by atoms with Crippen molar-refractivity contribution in [2.24, 2.45) is 0 Å². The predicted molar refractivity (Wildman–Crippen MR) is 152 cm³/mol. The predicted octanol–water partition coefficient (Wildman–Crippen LogP) is 5.81. The molecule has 0 aliphatic carbocycles. The van der Waals surface area contributed by atoms with Gasteiger partial charge in [0.15, 0.2) is 0 Å². The zero-order valence-electron chi connectivity index (χ0n) is 24.1. The lowest BCUT2D eigenvalue weighted by molar-refractivity contribution is -0.118. The minimum atomic E-state index is -0.840. The maximum absolute atomic E-state index is 13.3. The molecule has 0 radical (unpaired) electrons. The van der Waals surface area contributed by atoms with Crippen LogP contribution < -0.4 is 15.4 Å². The van der Waals surface area contributed by atoms with Gasteiger partial charge in [-0.2, -0.15) is 9.78 Å². The molecule has 0 aliphatic rings. The van der Waals surface area contributed by atoms with Crippen molar-refractivity contribution in [3.05, 3.63) is 66.5 Å². The van der Waals surface area contributed by atoms with Crippen LogP contribution in [-0.2, 0) is 20.7 Å². The van der Waals surface area contributed by atoms with Gasteiger partial charge in [0.1, 0.15) is 23.0 Å². The first-order chi connectivity index (χ1) is 18.7. The summed E-state index contributed by atoms with van der Waals surface area (Å²) in [6, 6.07) is 14.0. The number of carbonyl (C=O) groups excluding carboxylic acids is 3. The highest BCUT2D eigenvalue weighted by molar-refractivity contribution is 5.97. The van der Waals surface area contributed by atoms with Crippen LogP contribution >= 0.6 is 0 Å². The summed E-state index contributed by atoms with van der Waals surface area (Å²) in [6.07, 6.45) is 2.77. The number of alkyl carbamates (subject to hydrolysis) is 1. The van der Waals surface area contributed by atoms with Gasteiger partial charge in [0, 0.05) is 29.1 Å². The van der Waals surface area contributed by atoms with Crippen molar-refractivity contribution in [2.45, 2.75) is 71.6 Å². The second-order valence-electron chi connectivity index (χ2n) is 11.3. The molecule has 3 rings (SSSR count). The monoisotopic (exact) mass is 550 g/mol. The fourth-order valence-electron chi connectivity index (χ4n) is 3.78. The first-order valence-electron chi connectivity index (χ1n) is 13.0. The fourth-order valence-corrected chi connectivity index (χ4v) is 3.78. The van der Waals surface area contributed by atoms with E-state index in [0.29, 0.717) is 35.4 Å². The average molecular weight is 551 g/mol. The van der Waals surface area contributed by atoms with E-state index in [0.717, 1.165) is 10.2 Å². The van der Waals surface area contributed by atoms with E-state index in [1.807, 2.05) is 30.3 Å². The van der Waals surface area contributed by atoms with Crippen LogP contribution in [0.4, 0.5) is 15.3 Å². The second-order valence-corrected chi connectivity index (χ2v) is 11.3. The number of carbonyl (C=O) groups is 3. The zero-order chi connectivity index (χ0) is 29.5. The Morgan fingerprint density at radius 2 is 1.62 bits per heavy atom. The van der Waals surface area contributed by atoms with Crippen molar-refractivity contribution in [2.75, 3.05) is 12.4 Å². The molecule has 1 aromatic heterocycles. The summed E-state index contributed by atoms with van der Waals surface area (Å²) in [4.78, 5) is 38.1. The van der Waals surface area contributed by atoms with Gasteiger partial charge in [0.05, 0.1) is 13.3 Å². The third kappa shape index (κ3) is 9.14. The van der Waals surface area contributed by atoms with E-state index in [2.05, 4.69) is 15.7 Å². The highest BCUT2D eigenvalue weighted by atomic mass is 16.6. The highest BCUT2D eigenvalue weighted by Gasteiger charge is 2.25. The van der Waals surface area contributed by atoms with E-state index in [1.165, 1.54) is 13.3 Å². The molecule has 1 atom stereocenters. The van der Waals surface area contributed by atoms with Gasteiger partial charge in [-0.25, -0.2) is 9.59 Å². The van der Waals surface area contributed by atoms with Gasteiger partial charge in [0.2, 0.25) is 5.91 Å². The van der Waals surface area contributed by atoms with E-state index in [1.54, 1.807) is 65.9 Å². The fraction of sp³-hybridized carbons (Fsp3) is 0.400. The molecule has 10 heteroatoms. The lowest BCUT2D eigenvalue weighted by Crippen LogP contribution is -2.46. The molecule has 0 aliphatic heterocycles. The Hall–Kier alpha value is -4.34. The molecule has 10 nitrogen and oxygen atoms in total. The van der Waals surface area contributed by atoms with Crippen molar-refractivity contribution in [3.8, 4) is 16.9 Å². The minimum absolute atomic E-state index is 0.369. The molecule has 0 saturated carbocycles. The lowest BCUT2D eigenvalue weighted by Gasteiger charge is -2.23. The number of nitrogens with one attached hydrogen (secondary N) is 2. The van der Waals surface area contributed by atoms with E-state index in [-0.39, 0.29) is 0 Å². The number of methoxy groups -OCH3 is 1. The first kappa shape index (κ1) is 30.2. The zero-order valence-corrected chi connectivity index (χ0v) is 24.1. The normalized spacial score (nSPS) is 12.3. The summed E-state index contributed by atoms with van der Waals surface area (Å²) in [5.74, 6) is 0.0665. The SMILES string of the molecule is COc1cc(NC(=O)C(CCc2ccccc2)NC(=O)OC(C)(C)C)ccc1-c1cnn(C(=O)OC(C)(C)C)c1. The summed E-state index contributed by atoms with van der Waals surface area (Å²) >= 11 is 0. The Bertz CT molecular complexity index is 1320. The largest absolute Gasteiger partial charge is 0.496 e. The number of anilines is 1. The number of aromatic nitrogens is 2. The first-order valence-corrected chi connectivity index (χ1v) is 13.0. The summed E-state index contributed by atoms with van der Waals surface area (Å²) in [6.45, 7) is 10.6. The maximum atomic E-state index is 13.3. The molecule has 0 fully saturated rings. The van der Waals surface area contributed by atoms with Crippen molar-refractivity contribution >= 4 is 23.8 Å². The number of benzene rings is 2. The van der Waals surface area contributed by atoms with Gasteiger partial charge in [-0.05, 0) is 72.1 Å². The van der Waals surface area contributed by atoms with Gasteiger partial charge in [-0.3, -0.25) is 4.79 Å². The number of ether oxygens (including phenoxy) is 3. The van der Waals surface area contributed by atoms with Crippen LogP contribution in [0.1, 0.15) is 53.5 Å². The van der Waals surface area contributed by atoms with Crippen LogP contribution in [0.5, 0.6) is 5.75 Å². The van der Waals surface area contributed by atoms with Crippen molar-refractivity contribution in [1.29, 1.82) is 0 Å². The standard InChI is InChI=1S/C30H38N4O6/c1-29(2,3)39-27(36)33-24(16-13-20-11-9-8-10-12-20)26(35)32-22-14-15-23(25(17-22)38-7)21-18-31-34(19-21)28(37)40-30(4,5)6/h8-12,14-15,17-19,24H,13,16H2,1-7H3,(H,32,35)(H,33,36). The Morgan fingerprint density at radius 3 is 2.25 bits per heavy atom. The third-order valence-electron chi connectivity index (χ3n) is 5.52. The molecule has 214 valence electrons. The number of hydrogen-bond donors (Lipinski definition) is 2. The summed E-state index contributed by atoms with van der Waals surface area (Å²) in [7, 11) is 1.51. The van der Waals surface area contributed by atoms with E-state index in [4.69, 9.17) is 14.2 Å². The smallest absolute Gasteiger partial charge is 0.435 e. The Labute approximate surface area is 235 Å². The second kappa shape index (κ2) is 12.7. The number of amides is 2. The molecule has 2 N–H and O–H groups in total. The number of nitrogens with zero attached hydrogens (tertiary/aromatic N) is 2. The molecular weight excluding hydrogens is 512 g/mol. The van der Waals surface area contributed by atoms with Crippen LogP contribution in [0, 0.1) is 0 Å². The summed E-state index contributed by atoms with van der Waals surface area (Å²) in [5, 5.41) is 9.67. The lowest BCUT2D eigenvalue weighted by atomic mass is 10.0. The molecule has 2 amide bonds. The van der Waals surface area contributed by atoms with Crippen molar-refractivity contribution in [1.82, 2.24) is 15.1 Å². The molecule has 40 heavy (non-hydrogen) atoms. The Morgan fingerprint density at radius 1 is 0.950 bits per heavy atom. The minimum Gasteiger partial charge on any atom is -0.496 e. The molecule has 0 saturated heterocycles. The molecule has 1 heterocycles. The van der Waals surface area contributed by atoms with E-state index < -0.39 is 35.3 Å². The molecule has 1 unspecified atom stereocenters. The van der Waals surface area contributed by atoms with Crippen LogP contribution in [0.3, 0.4) is 0 Å². The molecule has 3 aromatic rings. The van der Waals surface area contributed by atoms with Gasteiger partial charge in [-0.1, -0.05) is 30.3 Å². The van der Waals surface area contributed by atoms with Gasteiger partial charge in [0.25, 0.3) is 0 Å². The highest BCUT2D eigenvalue weighted by Crippen LogP contribution is 2.32. The Balaban J connectivity index is 1.77. The maximum Gasteiger partial charge on any atom is 0.435 e. The van der Waals surface area contributed by atoms with Crippen LogP contribution in [0.25, 0.3) is 11.1 Å². The molecule has 2 aromatic carbocycles.